The zero-order valence-electron chi connectivity index (χ0n) is 38.2. The molecule has 1 saturated carbocycles. The van der Waals surface area contributed by atoms with E-state index >= 15 is 0 Å². The van der Waals surface area contributed by atoms with Gasteiger partial charge in [-0.05, 0) is 92.8 Å². The predicted molar refractivity (Wildman–Crippen MR) is 248 cm³/mol. The van der Waals surface area contributed by atoms with Crippen molar-refractivity contribution in [3.63, 3.8) is 0 Å². The van der Waals surface area contributed by atoms with E-state index in [4.69, 9.17) is 4.42 Å². The Labute approximate surface area is 378 Å². The topological polar surface area (TPSA) is 174 Å². The second-order valence-corrected chi connectivity index (χ2v) is 18.6. The Morgan fingerprint density at radius 3 is 2.42 bits per heavy atom. The summed E-state index contributed by atoms with van der Waals surface area (Å²) in [6.07, 6.45) is 13.6. The summed E-state index contributed by atoms with van der Waals surface area (Å²) >= 11 is 0. The summed E-state index contributed by atoms with van der Waals surface area (Å²) in [5.41, 5.74) is 9.81. The highest BCUT2D eigenvalue weighted by atomic mass is 16.3. The number of fused-ring (bicyclic) bond motifs is 2. The smallest absolute Gasteiger partial charge is 0.277 e. The van der Waals surface area contributed by atoms with Gasteiger partial charge in [-0.1, -0.05) is 87.4 Å². The first kappa shape index (κ1) is 46.2. The lowest BCUT2D eigenvalue weighted by molar-refractivity contribution is -0.147. The van der Waals surface area contributed by atoms with Crippen LogP contribution >= 0.6 is 0 Å². The van der Waals surface area contributed by atoms with Crippen molar-refractivity contribution >= 4 is 36.4 Å². The summed E-state index contributed by atoms with van der Waals surface area (Å²) in [6.45, 7) is 9.70. The number of rotatable bonds is 14. The fourth-order valence-electron chi connectivity index (χ4n) is 9.22. The second-order valence-electron chi connectivity index (χ2n) is 18.6. The van der Waals surface area contributed by atoms with Crippen molar-refractivity contribution in [2.45, 2.75) is 129 Å². The zero-order chi connectivity index (χ0) is 45.5. The molecule has 14 nitrogen and oxygen atoms in total. The van der Waals surface area contributed by atoms with E-state index in [9.17, 15) is 19.2 Å². The van der Waals surface area contributed by atoms with E-state index in [2.05, 4.69) is 79.3 Å². The van der Waals surface area contributed by atoms with Crippen LogP contribution in [0.2, 0.25) is 5.82 Å². The summed E-state index contributed by atoms with van der Waals surface area (Å²) in [6, 6.07) is 16.3. The molecule has 4 amide bonds. The third-order valence-electron chi connectivity index (χ3n) is 13.0. The average Bonchev–Trinajstić information content (AvgIpc) is 3.80. The molecule has 1 fully saturated rings. The van der Waals surface area contributed by atoms with E-state index in [1.54, 1.807) is 43.4 Å². The summed E-state index contributed by atoms with van der Waals surface area (Å²) in [4.78, 5) is 65.6. The Kier molecular flexibility index (Phi) is 14.7. The second kappa shape index (κ2) is 20.4. The first-order chi connectivity index (χ1) is 30.7. The largest absolute Gasteiger partial charge is 0.444 e. The van der Waals surface area contributed by atoms with Gasteiger partial charge in [0.1, 0.15) is 18.3 Å². The molecule has 2 aromatic heterocycles. The lowest BCUT2D eigenvalue weighted by Crippen LogP contribution is -2.62. The van der Waals surface area contributed by atoms with Crippen LogP contribution in [0.5, 0.6) is 0 Å². The fourth-order valence-corrected chi connectivity index (χ4v) is 9.22. The van der Waals surface area contributed by atoms with Crippen molar-refractivity contribution < 1.29 is 23.6 Å². The van der Waals surface area contributed by atoms with Crippen molar-refractivity contribution in [3.8, 4) is 11.5 Å². The molecule has 0 unspecified atom stereocenters. The number of allylic oxidation sites excluding steroid dienone is 1. The summed E-state index contributed by atoms with van der Waals surface area (Å²) in [5, 5.41) is 14.3. The van der Waals surface area contributed by atoms with Crippen LogP contribution in [0.1, 0.15) is 112 Å². The molecule has 2 aliphatic carbocycles. The van der Waals surface area contributed by atoms with Crippen molar-refractivity contribution in [2.24, 2.45) is 5.41 Å². The molecule has 337 valence electrons. The number of likely N-dealkylation sites (N-methyl/N-ethyl adjacent to an activating group) is 1. The molecule has 15 heteroatoms. The number of aryl methyl sites for hydroxylation is 1. The number of pyridine rings is 1. The Morgan fingerprint density at radius 2 is 1.70 bits per heavy atom. The van der Waals surface area contributed by atoms with Crippen molar-refractivity contribution in [1.82, 2.24) is 46.6 Å². The number of carbonyl (C=O) groups excluding carboxylic acids is 4. The van der Waals surface area contributed by atoms with E-state index in [0.29, 0.717) is 23.8 Å². The third kappa shape index (κ3) is 10.9. The maximum Gasteiger partial charge on any atom is 0.277 e. The number of nitrogens with zero attached hydrogens (tertiary/aromatic N) is 4. The highest BCUT2D eigenvalue weighted by molar-refractivity contribution is 6.55. The third-order valence-corrected chi connectivity index (χ3v) is 13.0. The molecule has 3 aliphatic rings. The van der Waals surface area contributed by atoms with Crippen molar-refractivity contribution in [3.05, 3.63) is 113 Å². The quantitative estimate of drug-likeness (QED) is 0.0847. The van der Waals surface area contributed by atoms with Crippen LogP contribution in [0.15, 0.2) is 89.6 Å². The minimum Gasteiger partial charge on any atom is -0.444 e. The number of amides is 4. The maximum absolute atomic E-state index is 14.8. The maximum atomic E-state index is 14.8. The minimum absolute atomic E-state index is 0.128. The Morgan fingerprint density at radius 1 is 0.953 bits per heavy atom. The number of oxazole rings is 1. The summed E-state index contributed by atoms with van der Waals surface area (Å²) < 4.78 is 5.54. The van der Waals surface area contributed by atoms with Gasteiger partial charge in [0.25, 0.3) is 5.91 Å². The summed E-state index contributed by atoms with van der Waals surface area (Å²) in [5.74, 6) is -0.355. The van der Waals surface area contributed by atoms with Gasteiger partial charge in [0.05, 0.1) is 12.1 Å². The normalized spacial score (nSPS) is 20.8. The standard InChI is InChI=1S/C49H63BN9O5/c1-30(54-45(61)41-29-64-47(56-41)33-21-23-53-24-22-33)27-59(52-7)38-19-17-36(18-20-38)50-37-16-15-34-26-42(46(62)55-40-14-10-12-32-11-8-9-13-39(32)40)58(28-35(34)25-37)48(63)43(49(3,4)5)57-44(60)31(2)51-6/h8-9,11,13,15-16,21-25,27,29,31,36,38,40,42-43,51-52H,10,12,14,17-20,26,28H2,1-7H3,(H,54,61)(H,55,62)(H,57,60)/b30-27+/t31-,36?,38?,40+,42-,43+/m0/s1. The molecule has 4 atom stereocenters. The highest BCUT2D eigenvalue weighted by Gasteiger charge is 2.43. The van der Waals surface area contributed by atoms with Crippen molar-refractivity contribution in [1.29, 1.82) is 0 Å². The molecule has 0 spiro atoms. The monoisotopic (exact) mass is 869 g/mol. The SMILES string of the molecule is CN[C@@H](C)C(=O)N[C@H](C(=O)N1Cc2cc([B]C3CCC(N(/C=C(\C)NC(=O)c4coc(-c5ccncc5)n4)NC)CC3)ccc2C[C@H]1C(=O)N[C@@H]1CCCc2ccccc21)C(C)(C)C. The van der Waals surface area contributed by atoms with Gasteiger partial charge in [-0.15, -0.1) is 0 Å². The van der Waals surface area contributed by atoms with Gasteiger partial charge in [-0.25, -0.2) is 10.4 Å². The van der Waals surface area contributed by atoms with Crippen LogP contribution in [-0.4, -0.2) is 89.0 Å². The molecular weight excluding hydrogens is 805 g/mol. The van der Waals surface area contributed by atoms with Gasteiger partial charge in [0.2, 0.25) is 23.6 Å². The first-order valence-electron chi connectivity index (χ1n) is 22.7. The van der Waals surface area contributed by atoms with Crippen LogP contribution in [0.25, 0.3) is 11.5 Å². The van der Waals surface area contributed by atoms with Crippen LogP contribution in [-0.2, 0) is 33.8 Å². The highest BCUT2D eigenvalue weighted by Crippen LogP contribution is 2.34. The number of hydrogen-bond donors (Lipinski definition) is 5. The molecule has 7 rings (SSSR count). The number of aromatic nitrogens is 2. The molecule has 0 bridgehead atoms. The lowest BCUT2D eigenvalue weighted by Gasteiger charge is -2.42. The van der Waals surface area contributed by atoms with Crippen LogP contribution in [0.3, 0.4) is 0 Å². The molecular formula is C49H63BN9O5. The van der Waals surface area contributed by atoms with E-state index in [0.717, 1.165) is 72.7 Å². The number of carbonyl (C=O) groups is 4. The van der Waals surface area contributed by atoms with Gasteiger partial charge in [-0.3, -0.25) is 24.2 Å². The Hall–Kier alpha value is -5.80. The van der Waals surface area contributed by atoms with Crippen molar-refractivity contribution in [2.75, 3.05) is 14.1 Å². The lowest BCUT2D eigenvalue weighted by atomic mass is 9.54. The number of hydrogen-bond acceptors (Lipinski definition) is 10. The Bertz CT molecular complexity index is 2320. The molecule has 64 heavy (non-hydrogen) atoms. The molecule has 0 saturated heterocycles. The number of benzene rings is 2. The van der Waals surface area contributed by atoms with E-state index in [-0.39, 0.29) is 48.0 Å². The fraction of sp³-hybridized carbons (Fsp3) is 0.469. The van der Waals surface area contributed by atoms with Crippen LogP contribution in [0, 0.1) is 5.41 Å². The van der Waals surface area contributed by atoms with Gasteiger partial charge in [-0.2, -0.15) is 0 Å². The van der Waals surface area contributed by atoms with Gasteiger partial charge < -0.3 is 35.6 Å². The number of nitrogens with one attached hydrogen (secondary N) is 5. The Balaban J connectivity index is 1.02. The predicted octanol–water partition coefficient (Wildman–Crippen LogP) is 5.11. The van der Waals surface area contributed by atoms with E-state index in [1.807, 2.05) is 53.1 Å². The average molecular weight is 869 g/mol. The van der Waals surface area contributed by atoms with Gasteiger partial charge >= 0.3 is 0 Å². The zero-order valence-corrected chi connectivity index (χ0v) is 38.2. The van der Waals surface area contributed by atoms with E-state index in [1.165, 1.54) is 11.8 Å². The molecule has 2 aromatic carbocycles. The summed E-state index contributed by atoms with van der Waals surface area (Å²) in [7, 11) is 5.93. The first-order valence-corrected chi connectivity index (χ1v) is 22.7. The minimum atomic E-state index is -0.847. The van der Waals surface area contributed by atoms with Crippen LogP contribution < -0.4 is 32.2 Å². The van der Waals surface area contributed by atoms with Gasteiger partial charge in [0.15, 0.2) is 13.0 Å². The van der Waals surface area contributed by atoms with E-state index < -0.39 is 23.5 Å². The molecule has 1 aliphatic heterocycles. The molecule has 5 N–H and O–H groups in total. The molecule has 4 aromatic rings. The molecule has 1 radical (unpaired) electrons. The van der Waals surface area contributed by atoms with Gasteiger partial charge in [0, 0.05) is 55.9 Å². The van der Waals surface area contributed by atoms with Crippen LogP contribution in [0.4, 0.5) is 0 Å². The number of hydrazine groups is 1. The molecule has 3 heterocycles.